The summed E-state index contributed by atoms with van der Waals surface area (Å²) in [6.45, 7) is 7.20. The van der Waals surface area contributed by atoms with E-state index in [0.29, 0.717) is 6.42 Å². The molecule has 1 saturated carbocycles. The van der Waals surface area contributed by atoms with Crippen LogP contribution in [-0.4, -0.2) is 50.2 Å². The average molecular weight is 242 g/mol. The lowest BCUT2D eigenvalue weighted by molar-refractivity contribution is -0.207. The Balaban J connectivity index is 2.62. The van der Waals surface area contributed by atoms with Gasteiger partial charge in [0.15, 0.2) is 0 Å². The summed E-state index contributed by atoms with van der Waals surface area (Å²) in [5.41, 5.74) is -0.110. The fourth-order valence-electron chi connectivity index (χ4n) is 2.66. The molecular formula is C13H26N2O2. The van der Waals surface area contributed by atoms with Crippen LogP contribution in [0.25, 0.3) is 0 Å². The molecule has 0 heterocycles. The monoisotopic (exact) mass is 242 g/mol. The Bertz CT molecular complexity index is 291. The van der Waals surface area contributed by atoms with Crippen LogP contribution in [0, 0.1) is 5.41 Å². The number of nitrogens with one attached hydrogen (secondary N) is 1. The van der Waals surface area contributed by atoms with Crippen LogP contribution >= 0.6 is 0 Å². The third-order valence-corrected chi connectivity index (χ3v) is 4.68. The van der Waals surface area contributed by atoms with Crippen molar-refractivity contribution in [3.05, 3.63) is 0 Å². The Morgan fingerprint density at radius 2 is 2.06 bits per heavy atom. The highest BCUT2D eigenvalue weighted by molar-refractivity contribution is 5.76. The molecule has 4 heteroatoms. The first-order valence-electron chi connectivity index (χ1n) is 6.25. The first kappa shape index (κ1) is 14.5. The molecule has 0 aliphatic heterocycles. The quantitative estimate of drug-likeness (QED) is 0.789. The molecule has 1 rings (SSSR count). The summed E-state index contributed by atoms with van der Waals surface area (Å²) in [4.78, 5) is 13.9. The molecule has 1 fully saturated rings. The van der Waals surface area contributed by atoms with Gasteiger partial charge in [-0.25, -0.2) is 0 Å². The lowest BCUT2D eigenvalue weighted by Crippen LogP contribution is -2.68. The molecule has 1 aliphatic carbocycles. The van der Waals surface area contributed by atoms with Gasteiger partial charge in [-0.15, -0.1) is 0 Å². The van der Waals surface area contributed by atoms with Crippen LogP contribution in [0.1, 0.15) is 33.6 Å². The largest absolute Gasteiger partial charge is 0.378 e. The second kappa shape index (κ2) is 4.94. The van der Waals surface area contributed by atoms with Gasteiger partial charge in [-0.3, -0.25) is 4.79 Å². The molecule has 0 aromatic rings. The summed E-state index contributed by atoms with van der Waals surface area (Å²) < 4.78 is 5.58. The second-order valence-corrected chi connectivity index (χ2v) is 5.73. The van der Waals surface area contributed by atoms with Gasteiger partial charge in [-0.1, -0.05) is 13.8 Å². The number of carbonyl (C=O) groups is 1. The van der Waals surface area contributed by atoms with Crippen LogP contribution in [0.2, 0.25) is 0 Å². The molecule has 4 nitrogen and oxygen atoms in total. The van der Waals surface area contributed by atoms with Gasteiger partial charge in [0, 0.05) is 38.6 Å². The molecule has 0 saturated heterocycles. The molecule has 1 aliphatic rings. The van der Waals surface area contributed by atoms with Gasteiger partial charge >= 0.3 is 0 Å². The summed E-state index contributed by atoms with van der Waals surface area (Å²) in [7, 11) is 5.52. The number of ether oxygens (including phenoxy) is 1. The molecule has 0 bridgehead atoms. The molecule has 1 N–H and O–H groups in total. The van der Waals surface area contributed by atoms with Crippen LogP contribution in [-0.2, 0) is 9.53 Å². The van der Waals surface area contributed by atoms with Gasteiger partial charge in [0.2, 0.25) is 5.91 Å². The van der Waals surface area contributed by atoms with E-state index in [1.54, 1.807) is 7.11 Å². The van der Waals surface area contributed by atoms with Crippen molar-refractivity contribution in [3.63, 3.8) is 0 Å². The fourth-order valence-corrected chi connectivity index (χ4v) is 2.66. The number of hydrogen-bond acceptors (Lipinski definition) is 3. The second-order valence-electron chi connectivity index (χ2n) is 5.73. The minimum atomic E-state index is -0.116. The standard InChI is InChI=1S/C13H26N2O2/c1-12(2)10(9-13(12,3)17-6)15(5)11(16)7-8-14-4/h10,14H,7-9H2,1-6H3. The highest BCUT2D eigenvalue weighted by atomic mass is 16.5. The summed E-state index contributed by atoms with van der Waals surface area (Å²) in [6, 6.07) is 0.275. The molecule has 0 radical (unpaired) electrons. The van der Waals surface area contributed by atoms with E-state index in [1.165, 1.54) is 0 Å². The number of nitrogens with zero attached hydrogens (tertiary/aromatic N) is 1. The number of hydrogen-bond donors (Lipinski definition) is 1. The van der Waals surface area contributed by atoms with Crippen LogP contribution in [0.15, 0.2) is 0 Å². The summed E-state index contributed by atoms with van der Waals surface area (Å²) in [5, 5.41) is 3.00. The van der Waals surface area contributed by atoms with Crippen molar-refractivity contribution in [2.75, 3.05) is 27.7 Å². The summed E-state index contributed by atoms with van der Waals surface area (Å²) in [6.07, 6.45) is 1.47. The Kier molecular flexibility index (Phi) is 4.20. The van der Waals surface area contributed by atoms with Crippen LogP contribution < -0.4 is 5.32 Å². The SMILES string of the molecule is CNCCC(=O)N(C)C1CC(C)(OC)C1(C)C. The van der Waals surface area contributed by atoms with Gasteiger partial charge in [-0.2, -0.15) is 0 Å². The van der Waals surface area contributed by atoms with Crippen molar-refractivity contribution in [1.82, 2.24) is 10.2 Å². The fraction of sp³-hybridized carbons (Fsp3) is 0.923. The highest BCUT2D eigenvalue weighted by Crippen LogP contribution is 2.53. The third kappa shape index (κ3) is 2.33. The third-order valence-electron chi connectivity index (χ3n) is 4.68. The van der Waals surface area contributed by atoms with Crippen molar-refractivity contribution < 1.29 is 9.53 Å². The van der Waals surface area contributed by atoms with Gasteiger partial charge in [0.1, 0.15) is 0 Å². The molecule has 2 atom stereocenters. The minimum absolute atomic E-state index is 0.00576. The van der Waals surface area contributed by atoms with Crippen molar-refractivity contribution in [3.8, 4) is 0 Å². The van der Waals surface area contributed by atoms with E-state index >= 15 is 0 Å². The van der Waals surface area contributed by atoms with E-state index in [0.717, 1.165) is 13.0 Å². The van der Waals surface area contributed by atoms with Crippen LogP contribution in [0.5, 0.6) is 0 Å². The van der Waals surface area contributed by atoms with E-state index in [9.17, 15) is 4.79 Å². The maximum Gasteiger partial charge on any atom is 0.223 e. The first-order chi connectivity index (χ1) is 7.80. The highest BCUT2D eigenvalue weighted by Gasteiger charge is 2.59. The zero-order valence-electron chi connectivity index (χ0n) is 12.0. The normalized spacial score (nSPS) is 30.8. The van der Waals surface area contributed by atoms with Crippen molar-refractivity contribution in [1.29, 1.82) is 0 Å². The van der Waals surface area contributed by atoms with Crippen molar-refractivity contribution >= 4 is 5.91 Å². The molecule has 0 aromatic heterocycles. The first-order valence-corrected chi connectivity index (χ1v) is 6.25. The predicted octanol–water partition coefficient (Wildman–Crippen LogP) is 1.26. The van der Waals surface area contributed by atoms with Crippen molar-refractivity contribution in [2.24, 2.45) is 5.41 Å². The molecule has 2 unspecified atom stereocenters. The van der Waals surface area contributed by atoms with Gasteiger partial charge in [0.05, 0.1) is 5.60 Å². The molecule has 100 valence electrons. The zero-order chi connectivity index (χ0) is 13.3. The molecule has 17 heavy (non-hydrogen) atoms. The number of amides is 1. The lowest BCUT2D eigenvalue weighted by atomic mass is 9.55. The van der Waals surface area contributed by atoms with E-state index in [2.05, 4.69) is 26.1 Å². The summed E-state index contributed by atoms with van der Waals surface area (Å²) >= 11 is 0. The molecular weight excluding hydrogens is 216 g/mol. The van der Waals surface area contributed by atoms with E-state index in [4.69, 9.17) is 4.74 Å². The Morgan fingerprint density at radius 1 is 1.47 bits per heavy atom. The van der Waals surface area contributed by atoms with E-state index in [-0.39, 0.29) is 23.0 Å². The molecule has 0 spiro atoms. The Labute approximate surface area is 105 Å². The van der Waals surface area contributed by atoms with Gasteiger partial charge in [-0.05, 0) is 20.4 Å². The lowest BCUT2D eigenvalue weighted by Gasteiger charge is -2.61. The average Bonchev–Trinajstić information content (AvgIpc) is 2.31. The van der Waals surface area contributed by atoms with Crippen molar-refractivity contribution in [2.45, 2.75) is 45.3 Å². The Hall–Kier alpha value is -0.610. The minimum Gasteiger partial charge on any atom is -0.378 e. The van der Waals surface area contributed by atoms with E-state index in [1.807, 2.05) is 19.0 Å². The number of rotatable bonds is 5. The van der Waals surface area contributed by atoms with Gasteiger partial charge < -0.3 is 15.0 Å². The molecule has 1 amide bonds. The predicted molar refractivity (Wildman–Crippen MR) is 68.9 cm³/mol. The van der Waals surface area contributed by atoms with Crippen LogP contribution in [0.4, 0.5) is 0 Å². The Morgan fingerprint density at radius 3 is 2.47 bits per heavy atom. The zero-order valence-corrected chi connectivity index (χ0v) is 12.0. The van der Waals surface area contributed by atoms with Gasteiger partial charge in [0.25, 0.3) is 0 Å². The smallest absolute Gasteiger partial charge is 0.223 e. The van der Waals surface area contributed by atoms with Crippen LogP contribution in [0.3, 0.4) is 0 Å². The molecule has 0 aromatic carbocycles. The number of carbonyl (C=O) groups excluding carboxylic acids is 1. The number of methoxy groups -OCH3 is 1. The maximum absolute atomic E-state index is 12.0. The van der Waals surface area contributed by atoms with E-state index < -0.39 is 0 Å². The maximum atomic E-state index is 12.0. The summed E-state index contributed by atoms with van der Waals surface area (Å²) in [5.74, 6) is 0.204. The topological polar surface area (TPSA) is 41.6 Å².